The molecule has 0 spiro atoms. The van der Waals surface area contributed by atoms with E-state index in [0.29, 0.717) is 11.6 Å². The molecule has 0 amide bonds. The van der Waals surface area contributed by atoms with E-state index in [1.807, 2.05) is 12.1 Å². The normalized spacial score (nSPS) is 12.3. The number of rotatable bonds is 5. The summed E-state index contributed by atoms with van der Waals surface area (Å²) in [6, 6.07) is 13.7. The van der Waals surface area contributed by atoms with Crippen molar-refractivity contribution in [2.45, 2.75) is 25.9 Å². The summed E-state index contributed by atoms with van der Waals surface area (Å²) >= 11 is 9.56. The van der Waals surface area contributed by atoms with E-state index in [9.17, 15) is 5.11 Å². The Morgan fingerprint density at radius 2 is 1.90 bits per heavy atom. The number of benzene rings is 2. The fourth-order valence-corrected chi connectivity index (χ4v) is 2.64. The zero-order chi connectivity index (χ0) is 14.5. The van der Waals surface area contributed by atoms with Gasteiger partial charge >= 0.3 is 0 Å². The monoisotopic (exact) mass is 353 g/mol. The van der Waals surface area contributed by atoms with Crippen LogP contribution in [0.3, 0.4) is 0 Å². The van der Waals surface area contributed by atoms with Crippen molar-refractivity contribution in [3.05, 3.63) is 63.1 Å². The fraction of sp³-hybridized carbons (Fsp3) is 0.250. The second kappa shape index (κ2) is 7.11. The molecular formula is C16H17BrClNO. The van der Waals surface area contributed by atoms with E-state index >= 15 is 0 Å². The average Bonchev–Trinajstić information content (AvgIpc) is 2.44. The number of hydrogen-bond acceptors (Lipinski definition) is 2. The maximum atomic E-state index is 9.85. The largest absolute Gasteiger partial charge is 0.508 e. The highest BCUT2D eigenvalue weighted by Gasteiger charge is 2.11. The SMILES string of the molecule is CCC(NCc1c(O)cccc1Cl)c1ccc(Br)cc1. The summed E-state index contributed by atoms with van der Waals surface area (Å²) in [6.45, 7) is 2.67. The molecule has 2 N–H and O–H groups in total. The van der Waals surface area contributed by atoms with Crippen LogP contribution < -0.4 is 5.32 Å². The van der Waals surface area contributed by atoms with Gasteiger partial charge in [-0.3, -0.25) is 0 Å². The number of nitrogens with one attached hydrogen (secondary N) is 1. The summed E-state index contributed by atoms with van der Waals surface area (Å²) in [6.07, 6.45) is 0.965. The van der Waals surface area contributed by atoms with Crippen LogP contribution in [0.25, 0.3) is 0 Å². The standard InChI is InChI=1S/C16H17BrClNO/c1-2-15(11-6-8-12(17)9-7-11)19-10-13-14(18)4-3-5-16(13)20/h3-9,15,19-20H,2,10H2,1H3. The van der Waals surface area contributed by atoms with Crippen LogP contribution in [0.5, 0.6) is 5.75 Å². The van der Waals surface area contributed by atoms with E-state index in [0.717, 1.165) is 16.5 Å². The Balaban J connectivity index is 2.09. The molecule has 4 heteroatoms. The minimum atomic E-state index is 0.232. The van der Waals surface area contributed by atoms with Gasteiger partial charge in [0.25, 0.3) is 0 Å². The van der Waals surface area contributed by atoms with Crippen molar-refractivity contribution in [1.29, 1.82) is 0 Å². The Morgan fingerprint density at radius 3 is 2.50 bits per heavy atom. The van der Waals surface area contributed by atoms with Crippen LogP contribution >= 0.6 is 27.5 Å². The Kier molecular flexibility index (Phi) is 5.46. The third-order valence-electron chi connectivity index (χ3n) is 3.30. The van der Waals surface area contributed by atoms with Crippen molar-refractivity contribution in [2.75, 3.05) is 0 Å². The maximum Gasteiger partial charge on any atom is 0.121 e. The van der Waals surface area contributed by atoms with Crippen LogP contribution in [0.4, 0.5) is 0 Å². The Hall–Kier alpha value is -1.03. The summed E-state index contributed by atoms with van der Waals surface area (Å²) in [5, 5.41) is 13.9. The molecule has 20 heavy (non-hydrogen) atoms. The van der Waals surface area contributed by atoms with Crippen molar-refractivity contribution in [2.24, 2.45) is 0 Å². The molecule has 0 radical (unpaired) electrons. The van der Waals surface area contributed by atoms with Crippen LogP contribution in [0.2, 0.25) is 5.02 Å². The van der Waals surface area contributed by atoms with Gasteiger partial charge in [-0.15, -0.1) is 0 Å². The number of phenolic OH excluding ortho intramolecular Hbond substituents is 1. The van der Waals surface area contributed by atoms with Gasteiger partial charge in [0.05, 0.1) is 0 Å². The van der Waals surface area contributed by atoms with Gasteiger partial charge in [0.2, 0.25) is 0 Å². The van der Waals surface area contributed by atoms with E-state index in [4.69, 9.17) is 11.6 Å². The minimum absolute atomic E-state index is 0.232. The van der Waals surface area contributed by atoms with Crippen molar-refractivity contribution < 1.29 is 5.11 Å². The lowest BCUT2D eigenvalue weighted by molar-refractivity contribution is 0.455. The average molecular weight is 355 g/mol. The van der Waals surface area contributed by atoms with Gasteiger partial charge in [-0.05, 0) is 36.2 Å². The quantitative estimate of drug-likeness (QED) is 0.787. The number of phenols is 1. The van der Waals surface area contributed by atoms with Gasteiger partial charge < -0.3 is 10.4 Å². The molecule has 2 aromatic rings. The predicted molar refractivity (Wildman–Crippen MR) is 87.1 cm³/mol. The van der Waals surface area contributed by atoms with Gasteiger partial charge in [-0.2, -0.15) is 0 Å². The van der Waals surface area contributed by atoms with Crippen LogP contribution in [-0.4, -0.2) is 5.11 Å². The molecule has 0 aliphatic rings. The van der Waals surface area contributed by atoms with Crippen molar-refractivity contribution in [3.63, 3.8) is 0 Å². The third-order valence-corrected chi connectivity index (χ3v) is 4.18. The molecule has 0 saturated heterocycles. The molecule has 0 fully saturated rings. The predicted octanol–water partition coefficient (Wildman–Crippen LogP) is 5.05. The molecule has 2 aromatic carbocycles. The first-order chi connectivity index (χ1) is 9.61. The van der Waals surface area contributed by atoms with E-state index in [1.165, 1.54) is 5.56 Å². The lowest BCUT2D eigenvalue weighted by Gasteiger charge is -2.18. The first kappa shape index (κ1) is 15.4. The third kappa shape index (κ3) is 3.75. The zero-order valence-electron chi connectivity index (χ0n) is 11.2. The van der Waals surface area contributed by atoms with Gasteiger partial charge in [0.15, 0.2) is 0 Å². The molecule has 0 aromatic heterocycles. The first-order valence-electron chi connectivity index (χ1n) is 6.57. The zero-order valence-corrected chi connectivity index (χ0v) is 13.6. The van der Waals surface area contributed by atoms with Crippen molar-refractivity contribution in [3.8, 4) is 5.75 Å². The second-order valence-corrected chi connectivity index (χ2v) is 5.95. The second-order valence-electron chi connectivity index (χ2n) is 4.63. The van der Waals surface area contributed by atoms with Crippen LogP contribution in [0, 0.1) is 0 Å². The van der Waals surface area contributed by atoms with Crippen LogP contribution in [0.15, 0.2) is 46.9 Å². The lowest BCUT2D eigenvalue weighted by atomic mass is 10.0. The Labute approximate surface area is 132 Å². The van der Waals surface area contributed by atoms with Crippen LogP contribution in [-0.2, 0) is 6.54 Å². The van der Waals surface area contributed by atoms with Gasteiger partial charge in [0, 0.05) is 27.6 Å². The van der Waals surface area contributed by atoms with Crippen molar-refractivity contribution >= 4 is 27.5 Å². The highest BCUT2D eigenvalue weighted by Crippen LogP contribution is 2.26. The molecule has 2 nitrogen and oxygen atoms in total. The molecule has 1 unspecified atom stereocenters. The molecule has 0 heterocycles. The topological polar surface area (TPSA) is 32.3 Å². The number of hydrogen-bond donors (Lipinski definition) is 2. The minimum Gasteiger partial charge on any atom is -0.508 e. The Morgan fingerprint density at radius 1 is 1.20 bits per heavy atom. The maximum absolute atomic E-state index is 9.85. The van der Waals surface area contributed by atoms with Crippen molar-refractivity contribution in [1.82, 2.24) is 5.32 Å². The summed E-state index contributed by atoms with van der Waals surface area (Å²) in [7, 11) is 0. The number of aromatic hydroxyl groups is 1. The molecule has 0 saturated carbocycles. The fourth-order valence-electron chi connectivity index (χ4n) is 2.14. The molecule has 0 aliphatic heterocycles. The van der Waals surface area contributed by atoms with E-state index in [1.54, 1.807) is 18.2 Å². The summed E-state index contributed by atoms with van der Waals surface area (Å²) in [4.78, 5) is 0. The van der Waals surface area contributed by atoms with Crippen LogP contribution in [0.1, 0.15) is 30.5 Å². The highest BCUT2D eigenvalue weighted by atomic mass is 79.9. The molecule has 0 bridgehead atoms. The van der Waals surface area contributed by atoms with Gasteiger partial charge in [-0.1, -0.05) is 52.7 Å². The molecule has 1 atom stereocenters. The molecule has 2 rings (SSSR count). The summed E-state index contributed by atoms with van der Waals surface area (Å²) in [5.74, 6) is 0.232. The molecule has 106 valence electrons. The smallest absolute Gasteiger partial charge is 0.121 e. The first-order valence-corrected chi connectivity index (χ1v) is 7.74. The summed E-state index contributed by atoms with van der Waals surface area (Å²) < 4.78 is 1.07. The number of halogens is 2. The molecular weight excluding hydrogens is 338 g/mol. The lowest BCUT2D eigenvalue weighted by Crippen LogP contribution is -2.20. The summed E-state index contributed by atoms with van der Waals surface area (Å²) in [5.41, 5.74) is 1.96. The van der Waals surface area contributed by atoms with E-state index in [-0.39, 0.29) is 11.8 Å². The van der Waals surface area contributed by atoms with Gasteiger partial charge in [-0.25, -0.2) is 0 Å². The van der Waals surface area contributed by atoms with Gasteiger partial charge in [0.1, 0.15) is 5.75 Å². The Bertz CT molecular complexity index is 551. The highest BCUT2D eigenvalue weighted by molar-refractivity contribution is 9.10. The molecule has 0 aliphatic carbocycles. The van der Waals surface area contributed by atoms with E-state index in [2.05, 4.69) is 40.3 Å². The van der Waals surface area contributed by atoms with E-state index < -0.39 is 0 Å².